The van der Waals surface area contributed by atoms with E-state index in [0.717, 1.165) is 23.5 Å². The Morgan fingerprint density at radius 1 is 1.26 bits per heavy atom. The maximum absolute atomic E-state index is 8.05. The van der Waals surface area contributed by atoms with E-state index in [1.54, 1.807) is 19.3 Å². The first-order valence-corrected chi connectivity index (χ1v) is 9.66. The van der Waals surface area contributed by atoms with Gasteiger partial charge in [-0.1, -0.05) is 26.3 Å². The van der Waals surface area contributed by atoms with Crippen molar-refractivity contribution in [3.8, 4) is 0 Å². The molecule has 1 saturated carbocycles. The quantitative estimate of drug-likeness (QED) is 0.552. The third-order valence-electron chi connectivity index (χ3n) is 5.57. The summed E-state index contributed by atoms with van der Waals surface area (Å²) in [5.74, 6) is 1.51. The van der Waals surface area contributed by atoms with Crippen molar-refractivity contribution in [2.75, 3.05) is 10.6 Å². The molecular formula is C22H29N5. The highest BCUT2D eigenvalue weighted by atomic mass is 15.0. The molecule has 5 heteroatoms. The number of hydrogen-bond acceptors (Lipinski definition) is 5. The summed E-state index contributed by atoms with van der Waals surface area (Å²) in [5.41, 5.74) is 4.65. The van der Waals surface area contributed by atoms with Gasteiger partial charge in [-0.25, -0.2) is 9.97 Å². The Hall–Kier alpha value is -2.69. The molecule has 2 aromatic rings. The van der Waals surface area contributed by atoms with Crippen LogP contribution < -0.4 is 10.6 Å². The molecule has 142 valence electrons. The monoisotopic (exact) mass is 363 g/mol. The van der Waals surface area contributed by atoms with Crippen molar-refractivity contribution in [1.29, 1.82) is 5.41 Å². The number of aryl methyl sites for hydroxylation is 1. The summed E-state index contributed by atoms with van der Waals surface area (Å²) in [7, 11) is 0. The molecule has 1 fully saturated rings. The van der Waals surface area contributed by atoms with Crippen LogP contribution in [-0.4, -0.2) is 15.7 Å². The summed E-state index contributed by atoms with van der Waals surface area (Å²) in [6, 6.07) is 6.19. The number of aromatic nitrogens is 2. The Bertz CT molecular complexity index is 850. The zero-order chi connectivity index (χ0) is 19.4. The molecule has 2 heterocycles. The fourth-order valence-corrected chi connectivity index (χ4v) is 4.02. The SMILES string of the molecule is C=CNc1cc(Nc2cc(C)cc(C3(CC)CCCC3)n2)c(C(C)=N)cn1. The minimum atomic E-state index is 0.205. The van der Waals surface area contributed by atoms with Crippen LogP contribution in [0.2, 0.25) is 0 Å². The molecule has 0 aliphatic heterocycles. The lowest BCUT2D eigenvalue weighted by Gasteiger charge is -2.28. The van der Waals surface area contributed by atoms with E-state index in [2.05, 4.69) is 48.2 Å². The van der Waals surface area contributed by atoms with Gasteiger partial charge in [-0.05, 0) is 57.0 Å². The molecular weight excluding hydrogens is 334 g/mol. The molecule has 0 atom stereocenters. The second-order valence-corrected chi connectivity index (χ2v) is 7.47. The lowest BCUT2D eigenvalue weighted by Crippen LogP contribution is -2.23. The topological polar surface area (TPSA) is 73.7 Å². The second kappa shape index (κ2) is 7.91. The van der Waals surface area contributed by atoms with Crippen molar-refractivity contribution in [2.24, 2.45) is 0 Å². The average Bonchev–Trinajstić information content (AvgIpc) is 3.12. The summed E-state index contributed by atoms with van der Waals surface area (Å²) in [4.78, 5) is 9.32. The van der Waals surface area contributed by atoms with Gasteiger partial charge in [0.1, 0.15) is 11.6 Å². The highest BCUT2D eigenvalue weighted by Crippen LogP contribution is 2.43. The van der Waals surface area contributed by atoms with Crippen molar-refractivity contribution in [3.05, 3.63) is 54.0 Å². The van der Waals surface area contributed by atoms with Crippen LogP contribution in [0.15, 0.2) is 37.2 Å². The number of rotatable bonds is 7. The third-order valence-corrected chi connectivity index (χ3v) is 5.57. The number of anilines is 3. The highest BCUT2D eigenvalue weighted by Gasteiger charge is 2.35. The van der Waals surface area contributed by atoms with Gasteiger partial charge >= 0.3 is 0 Å². The molecule has 1 aliphatic rings. The summed E-state index contributed by atoms with van der Waals surface area (Å²) in [6.07, 6.45) is 9.42. The molecule has 5 nitrogen and oxygen atoms in total. The molecule has 0 unspecified atom stereocenters. The lowest BCUT2D eigenvalue weighted by atomic mass is 9.79. The van der Waals surface area contributed by atoms with Crippen LogP contribution in [-0.2, 0) is 5.41 Å². The van der Waals surface area contributed by atoms with Gasteiger partial charge in [0.05, 0.1) is 5.69 Å². The van der Waals surface area contributed by atoms with E-state index in [1.807, 2.05) is 6.07 Å². The maximum atomic E-state index is 8.05. The largest absolute Gasteiger partial charge is 0.347 e. The summed E-state index contributed by atoms with van der Waals surface area (Å²) in [5, 5.41) is 14.5. The van der Waals surface area contributed by atoms with Crippen molar-refractivity contribution in [2.45, 2.75) is 58.3 Å². The highest BCUT2D eigenvalue weighted by molar-refractivity contribution is 6.02. The van der Waals surface area contributed by atoms with Gasteiger partial charge in [0.2, 0.25) is 0 Å². The second-order valence-electron chi connectivity index (χ2n) is 7.47. The van der Waals surface area contributed by atoms with Crippen LogP contribution in [0.3, 0.4) is 0 Å². The molecule has 27 heavy (non-hydrogen) atoms. The fourth-order valence-electron chi connectivity index (χ4n) is 4.02. The van der Waals surface area contributed by atoms with Gasteiger partial charge in [0.25, 0.3) is 0 Å². The lowest BCUT2D eigenvalue weighted by molar-refractivity contribution is 0.412. The molecule has 1 aliphatic carbocycles. The zero-order valence-corrected chi connectivity index (χ0v) is 16.5. The first-order valence-electron chi connectivity index (χ1n) is 9.66. The molecule has 0 amide bonds. The third kappa shape index (κ3) is 4.02. The fraction of sp³-hybridized carbons (Fsp3) is 0.409. The number of nitrogens with zero attached hydrogens (tertiary/aromatic N) is 2. The minimum Gasteiger partial charge on any atom is -0.347 e. The Kier molecular flexibility index (Phi) is 5.59. The van der Waals surface area contributed by atoms with Gasteiger partial charge in [-0.2, -0.15) is 0 Å². The normalized spacial score (nSPS) is 15.4. The van der Waals surface area contributed by atoms with Crippen molar-refractivity contribution in [3.63, 3.8) is 0 Å². The van der Waals surface area contributed by atoms with E-state index in [-0.39, 0.29) is 5.41 Å². The van der Waals surface area contributed by atoms with E-state index in [0.29, 0.717) is 11.5 Å². The Morgan fingerprint density at radius 2 is 2.00 bits per heavy atom. The number of pyridine rings is 2. The zero-order valence-electron chi connectivity index (χ0n) is 16.5. The molecule has 0 saturated heterocycles. The first kappa shape index (κ1) is 19.1. The smallest absolute Gasteiger partial charge is 0.131 e. The van der Waals surface area contributed by atoms with Gasteiger partial charge in [0, 0.05) is 34.6 Å². The van der Waals surface area contributed by atoms with Crippen LogP contribution in [0.1, 0.15) is 62.8 Å². The predicted octanol–water partition coefficient (Wildman–Crippen LogP) is 5.69. The van der Waals surface area contributed by atoms with E-state index in [4.69, 9.17) is 10.4 Å². The van der Waals surface area contributed by atoms with Gasteiger partial charge in [-0.15, -0.1) is 0 Å². The Labute approximate surface area is 161 Å². The molecule has 0 aromatic carbocycles. The Morgan fingerprint density at radius 3 is 2.63 bits per heavy atom. The van der Waals surface area contributed by atoms with Gasteiger partial charge < -0.3 is 16.0 Å². The standard InChI is InChI=1S/C22H29N5/c1-5-22(9-7-8-10-22)19-11-15(3)12-21(27-19)26-18-13-20(24-6-2)25-14-17(18)16(4)23/h6,11-14,23H,2,5,7-10H2,1,3-4H3,(H2,24,25,26,27). The molecule has 3 rings (SSSR count). The number of hydrogen-bond donors (Lipinski definition) is 3. The van der Waals surface area contributed by atoms with Gasteiger partial charge in [-0.3, -0.25) is 0 Å². The van der Waals surface area contributed by atoms with Crippen LogP contribution in [0.4, 0.5) is 17.3 Å². The van der Waals surface area contributed by atoms with Crippen LogP contribution >= 0.6 is 0 Å². The van der Waals surface area contributed by atoms with E-state index < -0.39 is 0 Å². The molecule has 0 radical (unpaired) electrons. The van der Waals surface area contributed by atoms with Crippen LogP contribution in [0, 0.1) is 12.3 Å². The number of nitrogens with one attached hydrogen (secondary N) is 3. The van der Waals surface area contributed by atoms with E-state index in [1.165, 1.54) is 36.9 Å². The summed E-state index contributed by atoms with van der Waals surface area (Å²) < 4.78 is 0. The van der Waals surface area contributed by atoms with Crippen LogP contribution in [0.5, 0.6) is 0 Å². The minimum absolute atomic E-state index is 0.205. The Balaban J connectivity index is 1.99. The average molecular weight is 364 g/mol. The maximum Gasteiger partial charge on any atom is 0.131 e. The summed E-state index contributed by atoms with van der Waals surface area (Å²) in [6.45, 7) is 9.84. The van der Waals surface area contributed by atoms with Crippen LogP contribution in [0.25, 0.3) is 0 Å². The summed E-state index contributed by atoms with van der Waals surface area (Å²) >= 11 is 0. The molecule has 0 bridgehead atoms. The van der Waals surface area contributed by atoms with Gasteiger partial charge in [0.15, 0.2) is 0 Å². The predicted molar refractivity (Wildman–Crippen MR) is 113 cm³/mol. The van der Waals surface area contributed by atoms with Crippen molar-refractivity contribution in [1.82, 2.24) is 9.97 Å². The van der Waals surface area contributed by atoms with E-state index >= 15 is 0 Å². The van der Waals surface area contributed by atoms with Crippen molar-refractivity contribution >= 4 is 23.0 Å². The first-order chi connectivity index (χ1) is 13.0. The molecule has 2 aromatic heterocycles. The van der Waals surface area contributed by atoms with Crippen molar-refractivity contribution < 1.29 is 0 Å². The van der Waals surface area contributed by atoms with E-state index in [9.17, 15) is 0 Å². The molecule has 0 spiro atoms. The molecule has 3 N–H and O–H groups in total.